The molecule has 0 amide bonds. The number of benzene rings is 1. The highest BCUT2D eigenvalue weighted by molar-refractivity contribution is 5.24. The number of alkyl halides is 4. The molecular formula is C13H15F4N. The Bertz CT molecular complexity index is 377. The number of hydrogen-bond acceptors (Lipinski definition) is 1. The standard InChI is InChI=1S/C13H15F4N/c14-12-5-7-18(8-6-12)9-10-1-3-11(4-2-10)13(15,16)17/h1-4,12H,5-9H2. The molecule has 0 unspecified atom stereocenters. The second-order valence-corrected chi connectivity index (χ2v) is 4.65. The molecule has 0 saturated carbocycles. The van der Waals surface area contributed by atoms with Crippen LogP contribution >= 0.6 is 0 Å². The van der Waals surface area contributed by atoms with Crippen molar-refractivity contribution in [3.63, 3.8) is 0 Å². The van der Waals surface area contributed by atoms with Crippen molar-refractivity contribution in [1.29, 1.82) is 0 Å². The minimum absolute atomic E-state index is 0.515. The van der Waals surface area contributed by atoms with Crippen LogP contribution in [-0.4, -0.2) is 24.2 Å². The van der Waals surface area contributed by atoms with Gasteiger partial charge in [-0.25, -0.2) is 4.39 Å². The SMILES string of the molecule is FC1CCN(Cc2ccc(C(F)(F)F)cc2)CC1. The molecule has 0 aliphatic carbocycles. The Kier molecular flexibility index (Phi) is 3.90. The molecule has 1 heterocycles. The minimum Gasteiger partial charge on any atom is -0.299 e. The normalized spacial score (nSPS) is 19.1. The van der Waals surface area contributed by atoms with Gasteiger partial charge < -0.3 is 0 Å². The third-order valence-corrected chi connectivity index (χ3v) is 3.20. The molecule has 1 nitrogen and oxygen atoms in total. The number of piperidine rings is 1. The van der Waals surface area contributed by atoms with Crippen LogP contribution in [-0.2, 0) is 12.7 Å². The molecule has 0 bridgehead atoms. The summed E-state index contributed by atoms with van der Waals surface area (Å²) in [5.74, 6) is 0. The first-order chi connectivity index (χ1) is 8.45. The fraction of sp³-hybridized carbons (Fsp3) is 0.538. The summed E-state index contributed by atoms with van der Waals surface area (Å²) in [7, 11) is 0. The number of halogens is 4. The highest BCUT2D eigenvalue weighted by atomic mass is 19.4. The third-order valence-electron chi connectivity index (χ3n) is 3.20. The van der Waals surface area contributed by atoms with E-state index in [1.54, 1.807) is 0 Å². The minimum atomic E-state index is -4.29. The number of hydrogen-bond donors (Lipinski definition) is 0. The van der Waals surface area contributed by atoms with Crippen molar-refractivity contribution in [3.8, 4) is 0 Å². The second-order valence-electron chi connectivity index (χ2n) is 4.65. The number of nitrogens with zero attached hydrogens (tertiary/aromatic N) is 1. The van der Waals surface area contributed by atoms with Crippen LogP contribution in [0.5, 0.6) is 0 Å². The molecule has 0 atom stereocenters. The average molecular weight is 261 g/mol. The van der Waals surface area contributed by atoms with Crippen LogP contribution in [0.25, 0.3) is 0 Å². The van der Waals surface area contributed by atoms with Crippen LogP contribution in [0.4, 0.5) is 17.6 Å². The fourth-order valence-corrected chi connectivity index (χ4v) is 2.12. The van der Waals surface area contributed by atoms with Gasteiger partial charge in [0, 0.05) is 19.6 Å². The van der Waals surface area contributed by atoms with E-state index in [1.807, 2.05) is 0 Å². The third kappa shape index (κ3) is 3.45. The molecular weight excluding hydrogens is 246 g/mol. The highest BCUT2D eigenvalue weighted by Gasteiger charge is 2.30. The van der Waals surface area contributed by atoms with Gasteiger partial charge in [0.2, 0.25) is 0 Å². The Balaban J connectivity index is 1.94. The summed E-state index contributed by atoms with van der Waals surface area (Å²) in [6.07, 6.45) is -3.99. The van der Waals surface area contributed by atoms with Crippen LogP contribution < -0.4 is 0 Å². The van der Waals surface area contributed by atoms with Gasteiger partial charge >= 0.3 is 6.18 Å². The van der Waals surface area contributed by atoms with Gasteiger partial charge in [0.1, 0.15) is 6.17 Å². The number of likely N-dealkylation sites (tertiary alicyclic amines) is 1. The van der Waals surface area contributed by atoms with Crippen molar-refractivity contribution in [2.75, 3.05) is 13.1 Å². The molecule has 0 aromatic heterocycles. The van der Waals surface area contributed by atoms with Crippen molar-refractivity contribution >= 4 is 0 Å². The van der Waals surface area contributed by atoms with Gasteiger partial charge in [0.25, 0.3) is 0 Å². The largest absolute Gasteiger partial charge is 0.416 e. The van der Waals surface area contributed by atoms with Gasteiger partial charge in [-0.3, -0.25) is 4.90 Å². The molecule has 0 N–H and O–H groups in total. The quantitative estimate of drug-likeness (QED) is 0.735. The van der Waals surface area contributed by atoms with Crippen molar-refractivity contribution in [2.24, 2.45) is 0 Å². The zero-order chi connectivity index (χ0) is 13.2. The van der Waals surface area contributed by atoms with Gasteiger partial charge in [0.15, 0.2) is 0 Å². The molecule has 2 rings (SSSR count). The van der Waals surface area contributed by atoms with Gasteiger partial charge in [-0.15, -0.1) is 0 Å². The summed E-state index contributed by atoms with van der Waals surface area (Å²) in [5.41, 5.74) is 0.203. The molecule has 18 heavy (non-hydrogen) atoms. The summed E-state index contributed by atoms with van der Waals surface area (Å²) in [6.45, 7) is 1.93. The summed E-state index contributed by atoms with van der Waals surface area (Å²) >= 11 is 0. The lowest BCUT2D eigenvalue weighted by atomic mass is 10.1. The molecule has 1 aromatic rings. The Labute approximate surface area is 103 Å². The lowest BCUT2D eigenvalue weighted by Gasteiger charge is -2.28. The summed E-state index contributed by atoms with van der Waals surface area (Å²) in [5, 5.41) is 0. The molecule has 1 saturated heterocycles. The van der Waals surface area contributed by atoms with Crippen LogP contribution in [0.1, 0.15) is 24.0 Å². The second kappa shape index (κ2) is 5.26. The van der Waals surface area contributed by atoms with Crippen molar-refractivity contribution < 1.29 is 17.6 Å². The van der Waals surface area contributed by atoms with Crippen molar-refractivity contribution in [1.82, 2.24) is 4.90 Å². The Morgan fingerprint density at radius 1 is 1.06 bits per heavy atom. The van der Waals surface area contributed by atoms with Crippen LogP contribution in [0.15, 0.2) is 24.3 Å². The van der Waals surface area contributed by atoms with E-state index in [2.05, 4.69) is 4.90 Å². The van der Waals surface area contributed by atoms with Gasteiger partial charge in [-0.05, 0) is 30.5 Å². The lowest BCUT2D eigenvalue weighted by Crippen LogP contribution is -2.33. The van der Waals surface area contributed by atoms with Crippen LogP contribution in [0.3, 0.4) is 0 Å². The molecule has 1 aliphatic rings. The van der Waals surface area contributed by atoms with Crippen LogP contribution in [0, 0.1) is 0 Å². The summed E-state index contributed by atoms with van der Waals surface area (Å²) in [4.78, 5) is 2.07. The average Bonchev–Trinajstić information content (AvgIpc) is 2.32. The summed E-state index contributed by atoms with van der Waals surface area (Å²) < 4.78 is 50.0. The van der Waals surface area contributed by atoms with E-state index >= 15 is 0 Å². The van der Waals surface area contributed by atoms with E-state index in [0.29, 0.717) is 32.5 Å². The monoisotopic (exact) mass is 261 g/mol. The Morgan fingerprint density at radius 3 is 2.11 bits per heavy atom. The number of rotatable bonds is 2. The van der Waals surface area contributed by atoms with Gasteiger partial charge in [0.05, 0.1) is 5.56 Å². The first kappa shape index (κ1) is 13.3. The van der Waals surface area contributed by atoms with E-state index in [9.17, 15) is 17.6 Å². The molecule has 1 aromatic carbocycles. The molecule has 0 spiro atoms. The van der Waals surface area contributed by atoms with E-state index in [4.69, 9.17) is 0 Å². The molecule has 1 fully saturated rings. The lowest BCUT2D eigenvalue weighted by molar-refractivity contribution is -0.137. The van der Waals surface area contributed by atoms with Crippen molar-refractivity contribution in [2.45, 2.75) is 31.7 Å². The Hall–Kier alpha value is -1.10. The smallest absolute Gasteiger partial charge is 0.299 e. The first-order valence-electron chi connectivity index (χ1n) is 5.98. The molecule has 5 heteroatoms. The van der Waals surface area contributed by atoms with E-state index in [1.165, 1.54) is 12.1 Å². The predicted octanol–water partition coefficient (Wildman–Crippen LogP) is 3.64. The summed E-state index contributed by atoms with van der Waals surface area (Å²) in [6, 6.07) is 5.17. The van der Waals surface area contributed by atoms with Crippen molar-refractivity contribution in [3.05, 3.63) is 35.4 Å². The molecule has 100 valence electrons. The van der Waals surface area contributed by atoms with Crippen LogP contribution in [0.2, 0.25) is 0 Å². The molecule has 1 aliphatic heterocycles. The predicted molar refractivity (Wildman–Crippen MR) is 60.9 cm³/mol. The topological polar surface area (TPSA) is 3.24 Å². The molecule has 0 radical (unpaired) electrons. The zero-order valence-electron chi connectivity index (χ0n) is 9.88. The maximum Gasteiger partial charge on any atom is 0.416 e. The highest BCUT2D eigenvalue weighted by Crippen LogP contribution is 2.29. The van der Waals surface area contributed by atoms with Gasteiger partial charge in [-0.2, -0.15) is 13.2 Å². The zero-order valence-corrected chi connectivity index (χ0v) is 9.88. The van der Waals surface area contributed by atoms with E-state index < -0.39 is 17.9 Å². The van der Waals surface area contributed by atoms with Gasteiger partial charge in [-0.1, -0.05) is 12.1 Å². The van der Waals surface area contributed by atoms with E-state index in [-0.39, 0.29) is 0 Å². The Morgan fingerprint density at radius 2 is 1.61 bits per heavy atom. The maximum absolute atomic E-state index is 12.9. The van der Waals surface area contributed by atoms with E-state index in [0.717, 1.165) is 17.7 Å². The first-order valence-corrected chi connectivity index (χ1v) is 5.98. The maximum atomic E-state index is 12.9. The fourth-order valence-electron chi connectivity index (χ4n) is 2.12.